The first-order valence-electron chi connectivity index (χ1n) is 6.07. The van der Waals surface area contributed by atoms with Gasteiger partial charge in [0.1, 0.15) is 11.4 Å². The van der Waals surface area contributed by atoms with Gasteiger partial charge >= 0.3 is 0 Å². The summed E-state index contributed by atoms with van der Waals surface area (Å²) in [5.41, 5.74) is 1.70. The SMILES string of the molecule is COc1cc(Cl)cc2c1N=C(Nc1cccc(Br)c1)NS2. The molecule has 0 saturated carbocycles. The van der Waals surface area contributed by atoms with Crippen molar-refractivity contribution in [1.29, 1.82) is 0 Å². The number of methoxy groups -OCH3 is 1. The predicted octanol–water partition coefficient (Wildman–Crippen LogP) is 4.82. The summed E-state index contributed by atoms with van der Waals surface area (Å²) in [7, 11) is 1.61. The Morgan fingerprint density at radius 3 is 2.95 bits per heavy atom. The van der Waals surface area contributed by atoms with E-state index in [1.807, 2.05) is 30.3 Å². The largest absolute Gasteiger partial charge is 0.494 e. The minimum atomic E-state index is 0.624. The van der Waals surface area contributed by atoms with Crippen molar-refractivity contribution < 1.29 is 4.74 Å². The van der Waals surface area contributed by atoms with Crippen molar-refractivity contribution in [3.8, 4) is 5.75 Å². The average molecular weight is 385 g/mol. The molecule has 0 aromatic heterocycles. The summed E-state index contributed by atoms with van der Waals surface area (Å²) in [6, 6.07) is 11.5. The third-order valence-corrected chi connectivity index (χ3v) is 4.33. The summed E-state index contributed by atoms with van der Waals surface area (Å²) >= 11 is 10.9. The molecule has 0 bridgehead atoms. The first-order valence-corrected chi connectivity index (χ1v) is 8.06. The Morgan fingerprint density at radius 1 is 1.33 bits per heavy atom. The summed E-state index contributed by atoms with van der Waals surface area (Å²) in [5, 5.41) is 3.85. The zero-order chi connectivity index (χ0) is 14.8. The second-order valence-electron chi connectivity index (χ2n) is 4.25. The normalized spacial score (nSPS) is 13.0. The zero-order valence-electron chi connectivity index (χ0n) is 11.0. The molecule has 0 saturated heterocycles. The molecule has 1 aliphatic rings. The van der Waals surface area contributed by atoms with E-state index in [0.29, 0.717) is 16.7 Å². The molecule has 4 nitrogen and oxygen atoms in total. The Kier molecular flexibility index (Phi) is 4.28. The molecule has 2 aromatic carbocycles. The monoisotopic (exact) mass is 383 g/mol. The average Bonchev–Trinajstić information content (AvgIpc) is 2.47. The molecule has 0 fully saturated rings. The van der Waals surface area contributed by atoms with Gasteiger partial charge in [-0.3, -0.25) is 4.72 Å². The second-order valence-corrected chi connectivity index (χ2v) is 6.45. The maximum Gasteiger partial charge on any atom is 0.211 e. The molecule has 0 amide bonds. The third-order valence-electron chi connectivity index (χ3n) is 2.79. The standard InChI is InChI=1S/C14H11BrClN3OS/c1-20-11-6-9(16)7-12-13(11)18-14(19-21-12)17-10-4-2-3-8(15)5-10/h2-7H,1H3,(H2,17,18,19). The summed E-state index contributed by atoms with van der Waals surface area (Å²) in [6.07, 6.45) is 0. The number of hydrogen-bond acceptors (Lipinski definition) is 5. The van der Waals surface area contributed by atoms with Gasteiger partial charge in [0.05, 0.1) is 12.0 Å². The molecular weight excluding hydrogens is 374 g/mol. The maximum absolute atomic E-state index is 6.05. The summed E-state index contributed by atoms with van der Waals surface area (Å²) in [6.45, 7) is 0. The molecule has 2 aromatic rings. The lowest BCUT2D eigenvalue weighted by Gasteiger charge is -2.19. The Labute approximate surface area is 140 Å². The van der Waals surface area contributed by atoms with Crippen LogP contribution in [0.5, 0.6) is 5.75 Å². The molecule has 3 rings (SSSR count). The van der Waals surface area contributed by atoms with E-state index in [9.17, 15) is 0 Å². The molecular formula is C14H11BrClN3OS. The zero-order valence-corrected chi connectivity index (χ0v) is 14.1. The van der Waals surface area contributed by atoms with Gasteiger partial charge in [0.25, 0.3) is 0 Å². The first-order chi connectivity index (χ1) is 10.2. The fourth-order valence-electron chi connectivity index (χ4n) is 1.89. The highest BCUT2D eigenvalue weighted by Crippen LogP contribution is 2.41. The fraction of sp³-hybridized carbons (Fsp3) is 0.0714. The number of benzene rings is 2. The second kappa shape index (κ2) is 6.17. The number of nitrogens with one attached hydrogen (secondary N) is 2. The topological polar surface area (TPSA) is 45.6 Å². The van der Waals surface area contributed by atoms with Gasteiger partial charge < -0.3 is 10.1 Å². The number of ether oxygens (including phenoxy) is 1. The van der Waals surface area contributed by atoms with Crippen molar-refractivity contribution in [2.45, 2.75) is 4.90 Å². The van der Waals surface area contributed by atoms with Gasteiger partial charge in [-0.25, -0.2) is 4.99 Å². The molecule has 0 spiro atoms. The van der Waals surface area contributed by atoms with Crippen LogP contribution in [0.1, 0.15) is 0 Å². The third kappa shape index (κ3) is 3.28. The molecule has 0 radical (unpaired) electrons. The lowest BCUT2D eigenvalue weighted by atomic mass is 10.3. The van der Waals surface area contributed by atoms with Crippen LogP contribution in [0.3, 0.4) is 0 Å². The summed E-state index contributed by atoms with van der Waals surface area (Å²) in [5.74, 6) is 1.30. The number of fused-ring (bicyclic) bond motifs is 1. The van der Waals surface area contributed by atoms with Crippen molar-refractivity contribution in [2.24, 2.45) is 4.99 Å². The molecule has 0 atom stereocenters. The number of rotatable bonds is 2. The van der Waals surface area contributed by atoms with Crippen LogP contribution in [0.15, 0.2) is 50.8 Å². The number of guanidine groups is 1. The molecule has 0 aliphatic carbocycles. The molecule has 7 heteroatoms. The Morgan fingerprint density at radius 2 is 2.19 bits per heavy atom. The quantitative estimate of drug-likeness (QED) is 0.729. The van der Waals surface area contributed by atoms with E-state index in [1.54, 1.807) is 13.2 Å². The van der Waals surface area contributed by atoms with Gasteiger partial charge in [0.15, 0.2) is 0 Å². The van der Waals surface area contributed by atoms with Gasteiger partial charge in [-0.1, -0.05) is 33.6 Å². The first kappa shape index (κ1) is 14.6. The lowest BCUT2D eigenvalue weighted by molar-refractivity contribution is 0.415. The highest BCUT2D eigenvalue weighted by Gasteiger charge is 2.17. The van der Waals surface area contributed by atoms with Crippen LogP contribution >= 0.6 is 39.5 Å². The highest BCUT2D eigenvalue weighted by atomic mass is 79.9. The maximum atomic E-state index is 6.05. The van der Waals surface area contributed by atoms with E-state index >= 15 is 0 Å². The van der Waals surface area contributed by atoms with E-state index in [1.165, 1.54) is 11.9 Å². The molecule has 1 aliphatic heterocycles. The smallest absolute Gasteiger partial charge is 0.211 e. The number of hydrogen-bond donors (Lipinski definition) is 2. The number of anilines is 1. The lowest BCUT2D eigenvalue weighted by Crippen LogP contribution is -2.26. The summed E-state index contributed by atoms with van der Waals surface area (Å²) in [4.78, 5) is 5.49. The van der Waals surface area contributed by atoms with Crippen LogP contribution in [-0.4, -0.2) is 13.1 Å². The predicted molar refractivity (Wildman–Crippen MR) is 91.9 cm³/mol. The van der Waals surface area contributed by atoms with Gasteiger partial charge in [-0.2, -0.15) is 0 Å². The molecule has 2 N–H and O–H groups in total. The Balaban J connectivity index is 1.93. The van der Waals surface area contributed by atoms with E-state index in [-0.39, 0.29) is 0 Å². The van der Waals surface area contributed by atoms with Crippen molar-refractivity contribution in [1.82, 2.24) is 4.72 Å². The molecule has 1 heterocycles. The van der Waals surface area contributed by atoms with Gasteiger partial charge in [-0.05, 0) is 36.2 Å². The van der Waals surface area contributed by atoms with E-state index < -0.39 is 0 Å². The molecule has 21 heavy (non-hydrogen) atoms. The Bertz CT molecular complexity index is 723. The number of halogens is 2. The van der Waals surface area contributed by atoms with Crippen LogP contribution in [0.2, 0.25) is 5.02 Å². The fourth-order valence-corrected chi connectivity index (χ4v) is 3.29. The van der Waals surface area contributed by atoms with Crippen molar-refractivity contribution in [3.63, 3.8) is 0 Å². The molecule has 0 unspecified atom stereocenters. The van der Waals surface area contributed by atoms with Crippen LogP contribution in [-0.2, 0) is 0 Å². The van der Waals surface area contributed by atoms with Crippen molar-refractivity contribution in [2.75, 3.05) is 12.4 Å². The minimum absolute atomic E-state index is 0.624. The van der Waals surface area contributed by atoms with Crippen LogP contribution in [0.25, 0.3) is 0 Å². The van der Waals surface area contributed by atoms with E-state index in [2.05, 4.69) is 31.0 Å². The van der Waals surface area contributed by atoms with Crippen molar-refractivity contribution in [3.05, 3.63) is 45.9 Å². The van der Waals surface area contributed by atoms with Crippen LogP contribution < -0.4 is 14.8 Å². The van der Waals surface area contributed by atoms with Crippen molar-refractivity contribution >= 4 is 56.8 Å². The van der Waals surface area contributed by atoms with Gasteiger partial charge in [-0.15, -0.1) is 0 Å². The van der Waals surface area contributed by atoms with Crippen LogP contribution in [0.4, 0.5) is 11.4 Å². The van der Waals surface area contributed by atoms with Gasteiger partial charge in [0, 0.05) is 21.2 Å². The van der Waals surface area contributed by atoms with Crippen LogP contribution in [0, 0.1) is 0 Å². The minimum Gasteiger partial charge on any atom is -0.494 e. The van der Waals surface area contributed by atoms with E-state index in [4.69, 9.17) is 16.3 Å². The number of nitrogens with zero attached hydrogens (tertiary/aromatic N) is 1. The van der Waals surface area contributed by atoms with E-state index in [0.717, 1.165) is 20.7 Å². The Hall–Kier alpha value is -1.37. The van der Waals surface area contributed by atoms with Gasteiger partial charge in [0.2, 0.25) is 5.96 Å². The molecule has 108 valence electrons. The highest BCUT2D eigenvalue weighted by molar-refractivity contribution is 9.10. The summed E-state index contributed by atoms with van der Waals surface area (Å²) < 4.78 is 9.49. The number of aliphatic imine (C=N–C) groups is 1.